The zero-order valence-electron chi connectivity index (χ0n) is 13.8. The van der Waals surface area contributed by atoms with E-state index in [1.165, 1.54) is 0 Å². The summed E-state index contributed by atoms with van der Waals surface area (Å²) in [4.78, 5) is 18.9. The molecule has 1 aromatic carbocycles. The van der Waals surface area contributed by atoms with Crippen LogP contribution in [-0.2, 0) is 9.53 Å². The van der Waals surface area contributed by atoms with Gasteiger partial charge in [-0.3, -0.25) is 4.79 Å². The highest BCUT2D eigenvalue weighted by molar-refractivity contribution is 5.83. The van der Waals surface area contributed by atoms with Gasteiger partial charge in [0.05, 0.1) is 6.10 Å². The molecule has 1 N–H and O–H groups in total. The van der Waals surface area contributed by atoms with Gasteiger partial charge in [0.1, 0.15) is 6.04 Å². The van der Waals surface area contributed by atoms with Crippen LogP contribution in [-0.4, -0.2) is 45.3 Å². The van der Waals surface area contributed by atoms with E-state index in [1.807, 2.05) is 37.3 Å². The molecular weight excluding hydrogens is 310 g/mol. The molecule has 2 heterocycles. The van der Waals surface area contributed by atoms with Crippen molar-refractivity contribution in [3.05, 3.63) is 47.6 Å². The molecule has 2 aromatic rings. The number of likely N-dealkylation sites (tertiary alicyclic amines) is 1. The summed E-state index contributed by atoms with van der Waals surface area (Å²) in [6, 6.07) is 8.91. The highest BCUT2D eigenvalue weighted by Crippen LogP contribution is 2.34. The van der Waals surface area contributed by atoms with Gasteiger partial charge in [0, 0.05) is 19.6 Å². The zero-order valence-corrected chi connectivity index (χ0v) is 13.8. The van der Waals surface area contributed by atoms with E-state index >= 15 is 0 Å². The summed E-state index contributed by atoms with van der Waals surface area (Å²) in [5.41, 5.74) is 0.784. The van der Waals surface area contributed by atoms with Gasteiger partial charge in [0.2, 0.25) is 5.89 Å². The van der Waals surface area contributed by atoms with Crippen LogP contribution in [0.1, 0.15) is 42.8 Å². The number of rotatable bonds is 5. The van der Waals surface area contributed by atoms with Gasteiger partial charge in [0.15, 0.2) is 11.9 Å². The monoisotopic (exact) mass is 331 g/mol. The molecular formula is C17H21N3O4. The van der Waals surface area contributed by atoms with E-state index in [9.17, 15) is 9.90 Å². The number of aryl methyl sites for hydroxylation is 1. The SMILES string of the molecule is CCO[C@H](C(=O)N1C[C@H](O)C[C@@H]1c1nc(C)no1)c1ccccc1. The fraction of sp³-hybridized carbons (Fsp3) is 0.471. The summed E-state index contributed by atoms with van der Waals surface area (Å²) in [6.07, 6.45) is -0.960. The lowest BCUT2D eigenvalue weighted by Crippen LogP contribution is -2.36. The Labute approximate surface area is 140 Å². The van der Waals surface area contributed by atoms with Crippen LogP contribution in [0.4, 0.5) is 0 Å². The van der Waals surface area contributed by atoms with E-state index in [2.05, 4.69) is 10.1 Å². The van der Waals surface area contributed by atoms with E-state index in [0.717, 1.165) is 5.56 Å². The predicted octanol–water partition coefficient (Wildman–Crippen LogP) is 1.79. The molecule has 3 atom stereocenters. The summed E-state index contributed by atoms with van der Waals surface area (Å²) >= 11 is 0. The molecule has 24 heavy (non-hydrogen) atoms. The fourth-order valence-corrected chi connectivity index (χ4v) is 3.00. The van der Waals surface area contributed by atoms with Crippen molar-refractivity contribution in [1.29, 1.82) is 0 Å². The quantitative estimate of drug-likeness (QED) is 0.898. The molecule has 1 aromatic heterocycles. The predicted molar refractivity (Wildman–Crippen MR) is 84.9 cm³/mol. The first-order valence-electron chi connectivity index (χ1n) is 8.05. The van der Waals surface area contributed by atoms with Gasteiger partial charge in [-0.25, -0.2) is 0 Å². The van der Waals surface area contributed by atoms with Gasteiger partial charge in [-0.05, 0) is 19.4 Å². The van der Waals surface area contributed by atoms with Crippen molar-refractivity contribution in [1.82, 2.24) is 15.0 Å². The van der Waals surface area contributed by atoms with Gasteiger partial charge in [0.25, 0.3) is 5.91 Å². The third-order valence-corrected chi connectivity index (χ3v) is 4.05. The molecule has 0 unspecified atom stereocenters. The Morgan fingerprint density at radius 2 is 2.21 bits per heavy atom. The van der Waals surface area contributed by atoms with E-state index in [4.69, 9.17) is 9.26 Å². The number of ether oxygens (including phenoxy) is 1. The number of aliphatic hydroxyl groups excluding tert-OH is 1. The van der Waals surface area contributed by atoms with Crippen LogP contribution in [0.2, 0.25) is 0 Å². The van der Waals surface area contributed by atoms with Crippen LogP contribution in [0.25, 0.3) is 0 Å². The topological polar surface area (TPSA) is 88.7 Å². The van der Waals surface area contributed by atoms with Crippen molar-refractivity contribution in [3.63, 3.8) is 0 Å². The molecule has 0 bridgehead atoms. The number of amides is 1. The van der Waals surface area contributed by atoms with Crippen molar-refractivity contribution < 1.29 is 19.2 Å². The largest absolute Gasteiger partial charge is 0.391 e. The number of carbonyl (C=O) groups excluding carboxylic acids is 1. The lowest BCUT2D eigenvalue weighted by Gasteiger charge is -2.27. The van der Waals surface area contributed by atoms with Crippen LogP contribution in [0, 0.1) is 6.92 Å². The molecule has 0 radical (unpaired) electrons. The number of aromatic nitrogens is 2. The van der Waals surface area contributed by atoms with Gasteiger partial charge in [-0.15, -0.1) is 0 Å². The Morgan fingerprint density at radius 3 is 2.83 bits per heavy atom. The highest BCUT2D eigenvalue weighted by Gasteiger charge is 2.41. The number of β-amino-alcohol motifs (C(OH)–C–C–N with tert-alkyl or cyclic N) is 1. The lowest BCUT2D eigenvalue weighted by atomic mass is 10.1. The molecule has 0 saturated carbocycles. The smallest absolute Gasteiger partial charge is 0.257 e. The van der Waals surface area contributed by atoms with Crippen LogP contribution in [0.3, 0.4) is 0 Å². The third kappa shape index (κ3) is 3.32. The number of aliphatic hydroxyl groups is 1. The minimum atomic E-state index is -0.715. The summed E-state index contributed by atoms with van der Waals surface area (Å²) in [5, 5.41) is 13.8. The Balaban J connectivity index is 1.87. The van der Waals surface area contributed by atoms with Crippen LogP contribution in [0.15, 0.2) is 34.9 Å². The molecule has 1 aliphatic heterocycles. The standard InChI is InChI=1S/C17H21N3O4/c1-3-23-15(12-7-5-4-6-8-12)17(22)20-10-13(21)9-14(20)16-18-11(2)19-24-16/h4-8,13-15,21H,3,9-10H2,1-2H3/t13-,14-,15+/m1/s1. The average Bonchev–Trinajstić information content (AvgIpc) is 3.18. The van der Waals surface area contributed by atoms with Crippen molar-refractivity contribution in [3.8, 4) is 0 Å². The van der Waals surface area contributed by atoms with Crippen molar-refractivity contribution >= 4 is 5.91 Å². The van der Waals surface area contributed by atoms with Gasteiger partial charge in [-0.1, -0.05) is 35.5 Å². The minimum Gasteiger partial charge on any atom is -0.391 e. The number of nitrogens with zero attached hydrogens (tertiary/aromatic N) is 3. The first-order chi connectivity index (χ1) is 11.6. The summed E-state index contributed by atoms with van der Waals surface area (Å²) in [6.45, 7) is 4.20. The maximum atomic E-state index is 13.1. The van der Waals surface area contributed by atoms with Crippen LogP contribution < -0.4 is 0 Å². The van der Waals surface area contributed by atoms with Crippen LogP contribution >= 0.6 is 0 Å². The molecule has 1 aliphatic rings. The van der Waals surface area contributed by atoms with E-state index < -0.39 is 18.2 Å². The Hall–Kier alpha value is -2.25. The van der Waals surface area contributed by atoms with Crippen molar-refractivity contribution in [2.24, 2.45) is 0 Å². The van der Waals surface area contributed by atoms with Crippen molar-refractivity contribution in [2.75, 3.05) is 13.2 Å². The molecule has 3 rings (SSSR count). The molecule has 0 spiro atoms. The van der Waals surface area contributed by atoms with Gasteiger partial charge >= 0.3 is 0 Å². The zero-order chi connectivity index (χ0) is 17.1. The second kappa shape index (κ2) is 7.11. The van der Waals surface area contributed by atoms with Gasteiger partial charge in [-0.2, -0.15) is 4.98 Å². The number of benzene rings is 1. The molecule has 1 fully saturated rings. The van der Waals surface area contributed by atoms with E-state index in [-0.39, 0.29) is 12.5 Å². The molecule has 0 aliphatic carbocycles. The number of hydrogen-bond acceptors (Lipinski definition) is 6. The van der Waals surface area contributed by atoms with Crippen LogP contribution in [0.5, 0.6) is 0 Å². The van der Waals surface area contributed by atoms with E-state index in [1.54, 1.807) is 11.8 Å². The Kier molecular flexibility index (Phi) is 4.92. The number of hydrogen-bond donors (Lipinski definition) is 1. The molecule has 7 heteroatoms. The molecule has 1 saturated heterocycles. The maximum Gasteiger partial charge on any atom is 0.257 e. The summed E-state index contributed by atoms with van der Waals surface area (Å²) in [7, 11) is 0. The first kappa shape index (κ1) is 16.6. The molecule has 7 nitrogen and oxygen atoms in total. The lowest BCUT2D eigenvalue weighted by molar-refractivity contribution is -0.145. The van der Waals surface area contributed by atoms with E-state index in [0.29, 0.717) is 24.7 Å². The summed E-state index contributed by atoms with van der Waals surface area (Å²) < 4.78 is 10.9. The Morgan fingerprint density at radius 1 is 1.46 bits per heavy atom. The van der Waals surface area contributed by atoms with Crippen molar-refractivity contribution in [2.45, 2.75) is 38.5 Å². The summed E-state index contributed by atoms with van der Waals surface area (Å²) in [5.74, 6) is 0.643. The molecule has 128 valence electrons. The minimum absolute atomic E-state index is 0.208. The Bertz CT molecular complexity index is 688. The van der Waals surface area contributed by atoms with Gasteiger partial charge < -0.3 is 19.3 Å². The normalized spacial score (nSPS) is 21.9. The maximum absolute atomic E-state index is 13.1. The fourth-order valence-electron chi connectivity index (χ4n) is 3.00. The number of carbonyl (C=O) groups is 1. The average molecular weight is 331 g/mol. The second-order valence-corrected chi connectivity index (χ2v) is 5.82. The third-order valence-electron chi connectivity index (χ3n) is 4.05. The first-order valence-corrected chi connectivity index (χ1v) is 8.05. The highest BCUT2D eigenvalue weighted by atomic mass is 16.5. The second-order valence-electron chi connectivity index (χ2n) is 5.82. The molecule has 1 amide bonds.